The summed E-state index contributed by atoms with van der Waals surface area (Å²) in [7, 11) is 0. The SMILES string of the molecule is O=C(NCC(O)CO)c1cc(-c2ccc(Cl)cc2)nn(-c2cccc(F)c2)c1=O. The summed E-state index contributed by atoms with van der Waals surface area (Å²) in [5.41, 5.74) is 0.0151. The number of halogens is 2. The smallest absolute Gasteiger partial charge is 0.284 e. The standard InChI is InChI=1S/C20H17ClFN3O4/c21-13-6-4-12(5-7-13)18-9-17(19(28)23-10-16(27)11-26)20(29)25(24-18)15-3-1-2-14(22)8-15/h1-9,16,26-27H,10-11H2,(H,23,28). The number of carbonyl (C=O) groups excluding carboxylic acids is 1. The Kier molecular flexibility index (Phi) is 6.38. The van der Waals surface area contributed by atoms with Gasteiger partial charge in [0.15, 0.2) is 0 Å². The van der Waals surface area contributed by atoms with Crippen molar-refractivity contribution in [3.8, 4) is 16.9 Å². The van der Waals surface area contributed by atoms with Gasteiger partial charge in [0.25, 0.3) is 11.5 Å². The molecule has 0 aliphatic heterocycles. The van der Waals surface area contributed by atoms with E-state index in [4.69, 9.17) is 16.7 Å². The highest BCUT2D eigenvalue weighted by Gasteiger charge is 2.18. The lowest BCUT2D eigenvalue weighted by atomic mass is 10.1. The molecule has 9 heteroatoms. The number of hydrogen-bond donors (Lipinski definition) is 3. The van der Waals surface area contributed by atoms with Crippen LogP contribution in [-0.4, -0.2) is 45.2 Å². The van der Waals surface area contributed by atoms with Gasteiger partial charge in [-0.05, 0) is 36.4 Å². The molecule has 7 nitrogen and oxygen atoms in total. The van der Waals surface area contributed by atoms with Crippen molar-refractivity contribution in [2.45, 2.75) is 6.10 Å². The number of nitrogens with zero attached hydrogens (tertiary/aromatic N) is 2. The highest BCUT2D eigenvalue weighted by atomic mass is 35.5. The zero-order valence-corrected chi connectivity index (χ0v) is 15.8. The summed E-state index contributed by atoms with van der Waals surface area (Å²) in [5.74, 6) is -1.32. The summed E-state index contributed by atoms with van der Waals surface area (Å²) in [6.45, 7) is -0.784. The van der Waals surface area contributed by atoms with Crippen molar-refractivity contribution in [1.29, 1.82) is 0 Å². The van der Waals surface area contributed by atoms with Gasteiger partial charge in [-0.2, -0.15) is 9.78 Å². The molecule has 1 unspecified atom stereocenters. The summed E-state index contributed by atoms with van der Waals surface area (Å²) >= 11 is 5.91. The number of aliphatic hydroxyl groups is 2. The van der Waals surface area contributed by atoms with E-state index < -0.39 is 30.0 Å². The molecule has 0 radical (unpaired) electrons. The Morgan fingerprint density at radius 3 is 2.59 bits per heavy atom. The maximum atomic E-state index is 13.7. The lowest BCUT2D eigenvalue weighted by molar-refractivity contribution is 0.0800. The zero-order valence-electron chi connectivity index (χ0n) is 15.0. The molecule has 1 aromatic heterocycles. The molecule has 1 atom stereocenters. The van der Waals surface area contributed by atoms with Gasteiger partial charge in [-0.25, -0.2) is 4.39 Å². The lowest BCUT2D eigenvalue weighted by Crippen LogP contribution is -2.38. The summed E-state index contributed by atoms with van der Waals surface area (Å²) < 4.78 is 14.6. The highest BCUT2D eigenvalue weighted by Crippen LogP contribution is 2.20. The van der Waals surface area contributed by atoms with E-state index in [0.717, 1.165) is 10.7 Å². The fourth-order valence-corrected chi connectivity index (χ4v) is 2.70. The van der Waals surface area contributed by atoms with Crippen molar-refractivity contribution in [1.82, 2.24) is 15.1 Å². The fourth-order valence-electron chi connectivity index (χ4n) is 2.57. The summed E-state index contributed by atoms with van der Waals surface area (Å²) in [6, 6.07) is 13.2. The second-order valence-electron chi connectivity index (χ2n) is 6.19. The number of rotatable bonds is 6. The van der Waals surface area contributed by atoms with Crippen LogP contribution in [0.4, 0.5) is 4.39 Å². The molecule has 0 aliphatic rings. The summed E-state index contributed by atoms with van der Waals surface area (Å²) in [5, 5.41) is 25.5. The Morgan fingerprint density at radius 1 is 1.21 bits per heavy atom. The molecule has 0 spiro atoms. The molecular weight excluding hydrogens is 401 g/mol. The average Bonchev–Trinajstić information content (AvgIpc) is 2.72. The van der Waals surface area contributed by atoms with Crippen molar-refractivity contribution in [3.05, 3.63) is 81.4 Å². The zero-order chi connectivity index (χ0) is 21.0. The van der Waals surface area contributed by atoms with E-state index in [1.54, 1.807) is 24.3 Å². The van der Waals surface area contributed by atoms with Crippen LogP contribution < -0.4 is 10.9 Å². The Bertz CT molecular complexity index is 1090. The minimum Gasteiger partial charge on any atom is -0.394 e. The van der Waals surface area contributed by atoms with Gasteiger partial charge in [0.05, 0.1) is 24.1 Å². The largest absolute Gasteiger partial charge is 0.394 e. The Balaban J connectivity index is 2.12. The van der Waals surface area contributed by atoms with Crippen molar-refractivity contribution in [3.63, 3.8) is 0 Å². The van der Waals surface area contributed by atoms with Crippen LogP contribution in [0.25, 0.3) is 16.9 Å². The van der Waals surface area contributed by atoms with Gasteiger partial charge in [-0.3, -0.25) is 9.59 Å². The lowest BCUT2D eigenvalue weighted by Gasteiger charge is -2.12. The van der Waals surface area contributed by atoms with Crippen LogP contribution in [-0.2, 0) is 0 Å². The number of carbonyl (C=O) groups is 1. The summed E-state index contributed by atoms with van der Waals surface area (Å²) in [6.07, 6.45) is -1.16. The molecule has 0 saturated heterocycles. The van der Waals surface area contributed by atoms with Gasteiger partial charge in [0.2, 0.25) is 0 Å². The second-order valence-corrected chi connectivity index (χ2v) is 6.63. The topological polar surface area (TPSA) is 104 Å². The van der Waals surface area contributed by atoms with Crippen LogP contribution in [0.2, 0.25) is 5.02 Å². The minimum atomic E-state index is -1.16. The maximum Gasteiger partial charge on any atom is 0.284 e. The monoisotopic (exact) mass is 417 g/mol. The van der Waals surface area contributed by atoms with Gasteiger partial charge in [0.1, 0.15) is 11.4 Å². The van der Waals surface area contributed by atoms with Crippen LogP contribution in [0.1, 0.15) is 10.4 Å². The highest BCUT2D eigenvalue weighted by molar-refractivity contribution is 6.30. The van der Waals surface area contributed by atoms with E-state index in [9.17, 15) is 19.1 Å². The van der Waals surface area contributed by atoms with Gasteiger partial charge in [-0.15, -0.1) is 0 Å². The molecule has 150 valence electrons. The molecule has 3 rings (SSSR count). The molecule has 1 amide bonds. The quantitative estimate of drug-likeness (QED) is 0.567. The first-order valence-electron chi connectivity index (χ1n) is 8.62. The number of hydrogen-bond acceptors (Lipinski definition) is 5. The number of amides is 1. The number of benzene rings is 2. The number of aliphatic hydroxyl groups excluding tert-OH is 2. The first-order chi connectivity index (χ1) is 13.9. The van der Waals surface area contributed by atoms with Crippen molar-refractivity contribution < 1.29 is 19.4 Å². The first-order valence-corrected chi connectivity index (χ1v) is 9.00. The van der Waals surface area contributed by atoms with E-state index >= 15 is 0 Å². The van der Waals surface area contributed by atoms with E-state index in [1.165, 1.54) is 24.3 Å². The first kappa shape index (κ1) is 20.7. The van der Waals surface area contributed by atoms with Gasteiger partial charge >= 0.3 is 0 Å². The Morgan fingerprint density at radius 2 is 1.93 bits per heavy atom. The summed E-state index contributed by atoms with van der Waals surface area (Å²) in [4.78, 5) is 25.4. The fraction of sp³-hybridized carbons (Fsp3) is 0.150. The maximum absolute atomic E-state index is 13.7. The van der Waals surface area contributed by atoms with Crippen molar-refractivity contribution in [2.75, 3.05) is 13.2 Å². The van der Waals surface area contributed by atoms with Crippen molar-refractivity contribution >= 4 is 17.5 Å². The molecule has 0 aliphatic carbocycles. The van der Waals surface area contributed by atoms with Crippen LogP contribution in [0.3, 0.4) is 0 Å². The molecule has 0 fully saturated rings. The van der Waals surface area contributed by atoms with Crippen LogP contribution in [0.5, 0.6) is 0 Å². The van der Waals surface area contributed by atoms with Gasteiger partial charge in [-0.1, -0.05) is 29.8 Å². The van der Waals surface area contributed by atoms with Crippen molar-refractivity contribution in [2.24, 2.45) is 0 Å². The third-order valence-corrected chi connectivity index (χ3v) is 4.31. The van der Waals surface area contributed by atoms with E-state index in [-0.39, 0.29) is 17.8 Å². The third kappa shape index (κ3) is 4.86. The molecule has 3 aromatic rings. The molecule has 1 heterocycles. The molecule has 2 aromatic carbocycles. The van der Waals surface area contributed by atoms with E-state index in [0.29, 0.717) is 16.3 Å². The molecule has 29 heavy (non-hydrogen) atoms. The van der Waals surface area contributed by atoms with Crippen LogP contribution in [0.15, 0.2) is 59.4 Å². The van der Waals surface area contributed by atoms with Crippen LogP contribution >= 0.6 is 11.6 Å². The predicted octanol–water partition coefficient (Wildman–Crippen LogP) is 1.77. The Hall–Kier alpha value is -3.07. The number of nitrogens with one attached hydrogen (secondary N) is 1. The number of aromatic nitrogens is 2. The predicted molar refractivity (Wildman–Crippen MR) is 106 cm³/mol. The third-order valence-electron chi connectivity index (χ3n) is 4.06. The van der Waals surface area contributed by atoms with E-state index in [2.05, 4.69) is 10.4 Å². The average molecular weight is 418 g/mol. The second kappa shape index (κ2) is 8.95. The van der Waals surface area contributed by atoms with Crippen LogP contribution in [0, 0.1) is 5.82 Å². The van der Waals surface area contributed by atoms with Gasteiger partial charge in [0, 0.05) is 17.1 Å². The van der Waals surface area contributed by atoms with E-state index in [1.807, 2.05) is 0 Å². The molecule has 0 saturated carbocycles. The minimum absolute atomic E-state index is 0.148. The molecule has 0 bridgehead atoms. The molecular formula is C20H17ClFN3O4. The molecule has 3 N–H and O–H groups in total. The Labute approximate surface area is 170 Å². The van der Waals surface area contributed by atoms with Gasteiger partial charge < -0.3 is 15.5 Å². The normalized spacial score (nSPS) is 11.9.